The van der Waals surface area contributed by atoms with Gasteiger partial charge in [0.25, 0.3) is 0 Å². The molecule has 0 rings (SSSR count). The van der Waals surface area contributed by atoms with Crippen LogP contribution in [0.2, 0.25) is 18.1 Å². The van der Waals surface area contributed by atoms with Gasteiger partial charge in [0, 0.05) is 12.0 Å². The van der Waals surface area contributed by atoms with Crippen LogP contribution in [0.4, 0.5) is 0 Å². The third-order valence-electron chi connectivity index (χ3n) is 3.62. The van der Waals surface area contributed by atoms with Gasteiger partial charge >= 0.3 is 0 Å². The van der Waals surface area contributed by atoms with Crippen molar-refractivity contribution in [2.45, 2.75) is 58.9 Å². The predicted octanol–water partition coefficient (Wildman–Crippen LogP) is 1.88. The average molecular weight is 261 g/mol. The lowest BCUT2D eigenvalue weighted by molar-refractivity contribution is -0.133. The molecule has 1 atom stereocenters. The normalized spacial score (nSPS) is 15.8. The highest BCUT2D eigenvalue weighted by molar-refractivity contribution is 6.74. The minimum Gasteiger partial charge on any atom is -0.416 e. The van der Waals surface area contributed by atoms with E-state index in [1.807, 2.05) is 0 Å². The third-order valence-corrected chi connectivity index (χ3v) is 8.10. The molecule has 0 fully saturated rings. The Balaban J connectivity index is 4.62. The summed E-state index contributed by atoms with van der Waals surface area (Å²) in [4.78, 5) is 11.0. The Kier molecular flexibility index (Phi) is 4.96. The summed E-state index contributed by atoms with van der Waals surface area (Å²) < 4.78 is 6.00. The van der Waals surface area contributed by atoms with Crippen LogP contribution in [0.15, 0.2) is 0 Å². The molecule has 1 amide bonds. The number of amides is 1. The van der Waals surface area contributed by atoms with Crippen molar-refractivity contribution in [3.8, 4) is 0 Å². The highest BCUT2D eigenvalue weighted by atomic mass is 28.4. The zero-order chi connectivity index (χ0) is 14.1. The second-order valence-corrected chi connectivity index (χ2v) is 11.7. The Bertz CT molecular complexity index is 282. The SMILES string of the molecule is CC(C)(CO[Si](C)(C)C(C)(C)C)C(O)C(N)=O. The van der Waals surface area contributed by atoms with Gasteiger partial charge in [0.1, 0.15) is 6.10 Å². The molecule has 0 aromatic heterocycles. The number of carbonyl (C=O) groups is 1. The molecule has 0 radical (unpaired) electrons. The Labute approximate surface area is 106 Å². The van der Waals surface area contributed by atoms with Gasteiger partial charge in [-0.05, 0) is 18.1 Å². The third kappa shape index (κ3) is 4.41. The molecule has 4 nitrogen and oxygen atoms in total. The molecule has 17 heavy (non-hydrogen) atoms. The summed E-state index contributed by atoms with van der Waals surface area (Å²) in [5.41, 5.74) is 4.46. The van der Waals surface area contributed by atoms with E-state index in [2.05, 4.69) is 33.9 Å². The van der Waals surface area contributed by atoms with Crippen molar-refractivity contribution < 1.29 is 14.3 Å². The number of nitrogens with two attached hydrogens (primary N) is 1. The summed E-state index contributed by atoms with van der Waals surface area (Å²) in [6.07, 6.45) is -1.17. The van der Waals surface area contributed by atoms with Crippen LogP contribution in [0.3, 0.4) is 0 Å². The summed E-state index contributed by atoms with van der Waals surface area (Å²) in [7, 11) is -1.86. The average Bonchev–Trinajstić information content (AvgIpc) is 2.12. The van der Waals surface area contributed by atoms with Crippen LogP contribution >= 0.6 is 0 Å². The molecule has 0 bridgehead atoms. The summed E-state index contributed by atoms with van der Waals surface area (Å²) in [5.74, 6) is -0.700. The number of rotatable bonds is 5. The number of primary amides is 1. The maximum Gasteiger partial charge on any atom is 0.246 e. The highest BCUT2D eigenvalue weighted by Crippen LogP contribution is 2.37. The first-order chi connectivity index (χ1) is 7.31. The fraction of sp³-hybridized carbons (Fsp3) is 0.917. The van der Waals surface area contributed by atoms with Crippen molar-refractivity contribution >= 4 is 14.2 Å². The molecule has 0 aromatic rings. The van der Waals surface area contributed by atoms with E-state index in [0.717, 1.165) is 0 Å². The molecule has 5 heteroatoms. The zero-order valence-corrected chi connectivity index (χ0v) is 13.1. The van der Waals surface area contributed by atoms with Crippen LogP contribution in [0.5, 0.6) is 0 Å². The van der Waals surface area contributed by atoms with Gasteiger partial charge in [-0.25, -0.2) is 0 Å². The van der Waals surface area contributed by atoms with Crippen LogP contribution in [0.25, 0.3) is 0 Å². The Morgan fingerprint density at radius 1 is 1.29 bits per heavy atom. The molecule has 3 N–H and O–H groups in total. The fourth-order valence-electron chi connectivity index (χ4n) is 1.05. The summed E-state index contributed by atoms with van der Waals surface area (Å²) in [6, 6.07) is 0. The van der Waals surface area contributed by atoms with E-state index >= 15 is 0 Å². The van der Waals surface area contributed by atoms with Gasteiger partial charge in [0.15, 0.2) is 8.32 Å². The second-order valence-electron chi connectivity index (χ2n) is 6.84. The van der Waals surface area contributed by atoms with Crippen molar-refractivity contribution in [3.05, 3.63) is 0 Å². The quantitative estimate of drug-likeness (QED) is 0.742. The number of aliphatic hydroxyl groups is 1. The van der Waals surface area contributed by atoms with Gasteiger partial charge in [-0.3, -0.25) is 4.79 Å². The highest BCUT2D eigenvalue weighted by Gasteiger charge is 2.40. The maximum absolute atomic E-state index is 11.0. The van der Waals surface area contributed by atoms with Crippen LogP contribution in [-0.4, -0.2) is 32.0 Å². The molecule has 0 saturated heterocycles. The molecule has 1 unspecified atom stereocenters. The van der Waals surface area contributed by atoms with E-state index in [1.165, 1.54) is 0 Å². The van der Waals surface area contributed by atoms with E-state index in [-0.39, 0.29) is 5.04 Å². The largest absolute Gasteiger partial charge is 0.416 e. The van der Waals surface area contributed by atoms with Gasteiger partial charge in [-0.15, -0.1) is 0 Å². The van der Waals surface area contributed by atoms with E-state index < -0.39 is 25.7 Å². The first kappa shape index (κ1) is 16.6. The smallest absolute Gasteiger partial charge is 0.246 e. The topological polar surface area (TPSA) is 72.6 Å². The summed E-state index contributed by atoms with van der Waals surface area (Å²) >= 11 is 0. The van der Waals surface area contributed by atoms with E-state index in [9.17, 15) is 9.90 Å². The van der Waals surface area contributed by atoms with E-state index in [0.29, 0.717) is 6.61 Å². The first-order valence-electron chi connectivity index (χ1n) is 5.92. The van der Waals surface area contributed by atoms with Gasteiger partial charge in [-0.1, -0.05) is 34.6 Å². The summed E-state index contributed by atoms with van der Waals surface area (Å²) in [5, 5.41) is 9.83. The van der Waals surface area contributed by atoms with Gasteiger partial charge < -0.3 is 15.3 Å². The molecule has 0 aliphatic heterocycles. The minimum absolute atomic E-state index is 0.112. The predicted molar refractivity (Wildman–Crippen MR) is 72.1 cm³/mol. The number of hydrogen-bond acceptors (Lipinski definition) is 3. The molecule has 102 valence electrons. The Morgan fingerprint density at radius 2 is 1.71 bits per heavy atom. The number of hydrogen-bond donors (Lipinski definition) is 2. The Morgan fingerprint density at radius 3 is 2.00 bits per heavy atom. The van der Waals surface area contributed by atoms with Crippen molar-refractivity contribution in [2.24, 2.45) is 11.1 Å². The van der Waals surface area contributed by atoms with Gasteiger partial charge in [0.2, 0.25) is 5.91 Å². The molecular formula is C12H27NO3Si. The van der Waals surface area contributed by atoms with Crippen molar-refractivity contribution in [2.75, 3.05) is 6.61 Å². The van der Waals surface area contributed by atoms with Crippen molar-refractivity contribution in [3.63, 3.8) is 0 Å². The number of carbonyl (C=O) groups excluding carboxylic acids is 1. The lowest BCUT2D eigenvalue weighted by Gasteiger charge is -2.39. The number of aliphatic hydroxyl groups excluding tert-OH is 1. The lowest BCUT2D eigenvalue weighted by Crippen LogP contribution is -2.48. The monoisotopic (exact) mass is 261 g/mol. The molecule has 0 saturated carbocycles. The van der Waals surface area contributed by atoms with Crippen LogP contribution in [-0.2, 0) is 9.22 Å². The molecule has 0 heterocycles. The van der Waals surface area contributed by atoms with Crippen LogP contribution < -0.4 is 5.73 Å². The van der Waals surface area contributed by atoms with Crippen LogP contribution in [0.1, 0.15) is 34.6 Å². The van der Waals surface area contributed by atoms with E-state index in [4.69, 9.17) is 10.2 Å². The van der Waals surface area contributed by atoms with Crippen LogP contribution in [0, 0.1) is 5.41 Å². The van der Waals surface area contributed by atoms with Gasteiger partial charge in [0.05, 0.1) is 0 Å². The van der Waals surface area contributed by atoms with Gasteiger partial charge in [-0.2, -0.15) is 0 Å². The zero-order valence-electron chi connectivity index (χ0n) is 12.1. The molecule has 0 aromatic carbocycles. The van der Waals surface area contributed by atoms with Crippen molar-refractivity contribution in [1.29, 1.82) is 0 Å². The molecule has 0 aliphatic carbocycles. The molecular weight excluding hydrogens is 234 g/mol. The summed E-state index contributed by atoms with van der Waals surface area (Å²) in [6.45, 7) is 14.6. The maximum atomic E-state index is 11.0. The fourth-order valence-corrected chi connectivity index (χ4v) is 2.21. The molecule has 0 spiro atoms. The molecule has 0 aliphatic rings. The first-order valence-corrected chi connectivity index (χ1v) is 8.83. The second kappa shape index (κ2) is 5.08. The standard InChI is InChI=1S/C12H27NO3Si/c1-11(2,3)17(6,7)16-8-12(4,5)9(14)10(13)15/h9,14H,8H2,1-7H3,(H2,13,15). The Hall–Kier alpha value is -0.393. The lowest BCUT2D eigenvalue weighted by atomic mass is 9.87. The van der Waals surface area contributed by atoms with E-state index in [1.54, 1.807) is 13.8 Å². The van der Waals surface area contributed by atoms with Crippen molar-refractivity contribution in [1.82, 2.24) is 0 Å². The minimum atomic E-state index is -1.86.